The molecule has 0 N–H and O–H groups in total. The summed E-state index contributed by atoms with van der Waals surface area (Å²) in [4.78, 5) is 23.7. The second kappa shape index (κ2) is 7.51. The van der Waals surface area contributed by atoms with Gasteiger partial charge in [-0.2, -0.15) is 0 Å². The smallest absolute Gasteiger partial charge is 0.254 e. The number of rotatable bonds is 6. The molecule has 0 aliphatic heterocycles. The maximum Gasteiger partial charge on any atom is 0.254 e. The van der Waals surface area contributed by atoms with Gasteiger partial charge in [0.15, 0.2) is 0 Å². The molecule has 0 saturated heterocycles. The fraction of sp³-hybridized carbons (Fsp3) is 0.500. The molecule has 2 rings (SSSR count). The molecule has 0 radical (unpaired) electrons. The van der Waals surface area contributed by atoms with Crippen LogP contribution in [-0.2, 0) is 4.74 Å². The third-order valence-electron chi connectivity index (χ3n) is 3.76. The molecule has 1 amide bonds. The fourth-order valence-electron chi connectivity index (χ4n) is 2.46. The van der Waals surface area contributed by atoms with Crippen LogP contribution in [0, 0.1) is 19.8 Å². The number of carbonyl (C=O) groups excluding carboxylic acids is 1. The van der Waals surface area contributed by atoms with Crippen LogP contribution in [0.1, 0.15) is 35.6 Å². The summed E-state index contributed by atoms with van der Waals surface area (Å²) in [6.07, 6.45) is 0. The zero-order valence-electron chi connectivity index (χ0n) is 14.6. The van der Waals surface area contributed by atoms with E-state index in [4.69, 9.17) is 4.74 Å². The number of hydrogen-bond acceptors (Lipinski definition) is 4. The van der Waals surface area contributed by atoms with Gasteiger partial charge in [-0.25, -0.2) is 9.97 Å². The first-order valence-electron chi connectivity index (χ1n) is 7.95. The lowest BCUT2D eigenvalue weighted by atomic mass is 10.1. The van der Waals surface area contributed by atoms with Gasteiger partial charge < -0.3 is 9.64 Å². The maximum atomic E-state index is 12.8. The summed E-state index contributed by atoms with van der Waals surface area (Å²) in [6.45, 7) is 9.90. The topological polar surface area (TPSA) is 55.3 Å². The van der Waals surface area contributed by atoms with Gasteiger partial charge in [0.2, 0.25) is 0 Å². The van der Waals surface area contributed by atoms with E-state index >= 15 is 0 Å². The van der Waals surface area contributed by atoms with Crippen molar-refractivity contribution in [3.63, 3.8) is 0 Å². The molecular formula is C18H25N3O2. The second-order valence-electron chi connectivity index (χ2n) is 6.24. The fourth-order valence-corrected chi connectivity index (χ4v) is 2.46. The van der Waals surface area contributed by atoms with E-state index in [1.165, 1.54) is 0 Å². The maximum absolute atomic E-state index is 12.8. The molecule has 0 atom stereocenters. The molecule has 0 fully saturated rings. The van der Waals surface area contributed by atoms with E-state index in [1.54, 1.807) is 7.11 Å². The molecule has 0 unspecified atom stereocenters. The molecule has 2 aromatic rings. The molecule has 1 aromatic carbocycles. The average Bonchev–Trinajstić information content (AvgIpc) is 2.51. The molecule has 124 valence electrons. The number of methoxy groups -OCH3 is 1. The van der Waals surface area contributed by atoms with Crippen LogP contribution >= 0.6 is 0 Å². The van der Waals surface area contributed by atoms with Gasteiger partial charge >= 0.3 is 0 Å². The summed E-state index contributed by atoms with van der Waals surface area (Å²) < 4.78 is 5.12. The van der Waals surface area contributed by atoms with Crippen molar-refractivity contribution >= 4 is 16.9 Å². The minimum absolute atomic E-state index is 0.0117. The molecule has 0 aliphatic rings. The highest BCUT2D eigenvalue weighted by Gasteiger charge is 2.17. The van der Waals surface area contributed by atoms with Gasteiger partial charge in [-0.15, -0.1) is 0 Å². The minimum atomic E-state index is 0.0117. The van der Waals surface area contributed by atoms with Crippen LogP contribution in [-0.4, -0.2) is 47.6 Å². The summed E-state index contributed by atoms with van der Waals surface area (Å²) in [5, 5.41) is 0. The zero-order valence-corrected chi connectivity index (χ0v) is 14.6. The van der Waals surface area contributed by atoms with E-state index in [9.17, 15) is 4.79 Å². The van der Waals surface area contributed by atoms with Crippen molar-refractivity contribution in [3.8, 4) is 0 Å². The van der Waals surface area contributed by atoms with E-state index in [-0.39, 0.29) is 5.91 Å². The summed E-state index contributed by atoms with van der Waals surface area (Å²) >= 11 is 0. The van der Waals surface area contributed by atoms with Gasteiger partial charge in [-0.1, -0.05) is 13.8 Å². The van der Waals surface area contributed by atoms with Crippen LogP contribution in [0.3, 0.4) is 0 Å². The molecule has 0 spiro atoms. The Balaban J connectivity index is 2.32. The normalized spacial score (nSPS) is 11.2. The molecule has 0 saturated carbocycles. The van der Waals surface area contributed by atoms with Gasteiger partial charge in [-0.05, 0) is 38.0 Å². The van der Waals surface area contributed by atoms with E-state index < -0.39 is 0 Å². The molecule has 0 bridgehead atoms. The Morgan fingerprint density at radius 1 is 1.17 bits per heavy atom. The third kappa shape index (κ3) is 4.26. The van der Waals surface area contributed by atoms with Crippen molar-refractivity contribution in [3.05, 3.63) is 35.2 Å². The lowest BCUT2D eigenvalue weighted by Crippen LogP contribution is -2.36. The standard InChI is InChI=1S/C18H25N3O2/c1-12(2)11-21(8-9-23-5)18(22)15-6-7-16-17(10-15)20-14(4)13(3)19-16/h6-7,10,12H,8-9,11H2,1-5H3. The van der Waals surface area contributed by atoms with Gasteiger partial charge in [0.25, 0.3) is 5.91 Å². The summed E-state index contributed by atoms with van der Waals surface area (Å²) in [7, 11) is 1.65. The number of nitrogens with zero attached hydrogens (tertiary/aromatic N) is 3. The Bertz CT molecular complexity index is 698. The van der Waals surface area contributed by atoms with E-state index in [2.05, 4.69) is 23.8 Å². The quantitative estimate of drug-likeness (QED) is 0.822. The highest BCUT2D eigenvalue weighted by molar-refractivity contribution is 5.97. The number of fused-ring (bicyclic) bond motifs is 1. The minimum Gasteiger partial charge on any atom is -0.383 e. The Labute approximate surface area is 137 Å². The van der Waals surface area contributed by atoms with Crippen LogP contribution in [0.25, 0.3) is 11.0 Å². The molecule has 0 aliphatic carbocycles. The molecular weight excluding hydrogens is 290 g/mol. The first-order valence-corrected chi connectivity index (χ1v) is 7.95. The molecule has 1 heterocycles. The molecule has 23 heavy (non-hydrogen) atoms. The third-order valence-corrected chi connectivity index (χ3v) is 3.76. The van der Waals surface area contributed by atoms with E-state index in [0.717, 1.165) is 22.4 Å². The lowest BCUT2D eigenvalue weighted by molar-refractivity contribution is 0.0672. The zero-order chi connectivity index (χ0) is 17.0. The average molecular weight is 315 g/mol. The number of amides is 1. The number of aryl methyl sites for hydroxylation is 2. The van der Waals surface area contributed by atoms with E-state index in [1.807, 2.05) is 36.9 Å². The first-order chi connectivity index (χ1) is 10.9. The lowest BCUT2D eigenvalue weighted by Gasteiger charge is -2.24. The number of ether oxygens (including phenoxy) is 1. The highest BCUT2D eigenvalue weighted by Crippen LogP contribution is 2.16. The largest absolute Gasteiger partial charge is 0.383 e. The van der Waals surface area contributed by atoms with Gasteiger partial charge in [0.1, 0.15) is 0 Å². The van der Waals surface area contributed by atoms with E-state index in [0.29, 0.717) is 31.2 Å². The van der Waals surface area contributed by atoms with Crippen LogP contribution in [0.4, 0.5) is 0 Å². The predicted octanol–water partition coefficient (Wildman–Crippen LogP) is 2.99. The van der Waals surface area contributed by atoms with Crippen LogP contribution in [0.2, 0.25) is 0 Å². The summed E-state index contributed by atoms with van der Waals surface area (Å²) in [6, 6.07) is 5.53. The highest BCUT2D eigenvalue weighted by atomic mass is 16.5. The Morgan fingerprint density at radius 3 is 2.43 bits per heavy atom. The van der Waals surface area contributed by atoms with Crippen molar-refractivity contribution in [2.24, 2.45) is 5.92 Å². The molecule has 5 heteroatoms. The van der Waals surface area contributed by atoms with Gasteiger partial charge in [-0.3, -0.25) is 4.79 Å². The van der Waals surface area contributed by atoms with Crippen molar-refractivity contribution in [1.29, 1.82) is 0 Å². The second-order valence-corrected chi connectivity index (χ2v) is 6.24. The van der Waals surface area contributed by atoms with Crippen molar-refractivity contribution in [1.82, 2.24) is 14.9 Å². The van der Waals surface area contributed by atoms with Gasteiger partial charge in [0, 0.05) is 25.8 Å². The monoisotopic (exact) mass is 315 g/mol. The number of carbonyl (C=O) groups is 1. The van der Waals surface area contributed by atoms with Crippen molar-refractivity contribution in [2.45, 2.75) is 27.7 Å². The molecule has 1 aromatic heterocycles. The van der Waals surface area contributed by atoms with Crippen molar-refractivity contribution in [2.75, 3.05) is 26.8 Å². The number of benzene rings is 1. The first kappa shape index (κ1) is 17.3. The predicted molar refractivity (Wildman–Crippen MR) is 91.6 cm³/mol. The Hall–Kier alpha value is -2.01. The Morgan fingerprint density at radius 2 is 1.83 bits per heavy atom. The van der Waals surface area contributed by atoms with Crippen LogP contribution in [0.5, 0.6) is 0 Å². The van der Waals surface area contributed by atoms with Crippen molar-refractivity contribution < 1.29 is 9.53 Å². The van der Waals surface area contributed by atoms with Gasteiger partial charge in [0.05, 0.1) is 29.0 Å². The Kier molecular flexibility index (Phi) is 5.66. The summed E-state index contributed by atoms with van der Waals surface area (Å²) in [5.41, 5.74) is 4.03. The SMILES string of the molecule is COCCN(CC(C)C)C(=O)c1ccc2nc(C)c(C)nc2c1. The number of hydrogen-bond donors (Lipinski definition) is 0. The summed E-state index contributed by atoms with van der Waals surface area (Å²) in [5.74, 6) is 0.415. The van der Waals surface area contributed by atoms with Crippen LogP contribution in [0.15, 0.2) is 18.2 Å². The molecule has 5 nitrogen and oxygen atoms in total. The van der Waals surface area contributed by atoms with Crippen LogP contribution < -0.4 is 0 Å². The number of aromatic nitrogens is 2.